The van der Waals surface area contributed by atoms with E-state index in [4.69, 9.17) is 9.84 Å². The first-order valence-electron chi connectivity index (χ1n) is 4.99. The van der Waals surface area contributed by atoms with Gasteiger partial charge in [0.1, 0.15) is 0 Å². The van der Waals surface area contributed by atoms with E-state index in [1.807, 2.05) is 0 Å². The Hall–Kier alpha value is -0.820. The maximum absolute atomic E-state index is 12.0. The summed E-state index contributed by atoms with van der Waals surface area (Å²) >= 11 is 0. The molecule has 0 radical (unpaired) electrons. The summed E-state index contributed by atoms with van der Waals surface area (Å²) in [4.78, 5) is 12.0. The van der Waals surface area contributed by atoms with Crippen molar-refractivity contribution in [1.82, 2.24) is 4.90 Å². The predicted molar refractivity (Wildman–Crippen MR) is 49.1 cm³/mol. The third-order valence-electron chi connectivity index (χ3n) is 2.34. The van der Waals surface area contributed by atoms with Crippen molar-refractivity contribution in [3.8, 4) is 0 Å². The number of nitrogens with zero attached hydrogens (tertiary/aromatic N) is 1. The van der Waals surface area contributed by atoms with Gasteiger partial charge in [0, 0.05) is 19.6 Å². The van der Waals surface area contributed by atoms with Crippen LogP contribution in [0, 0.1) is 0 Å². The van der Waals surface area contributed by atoms with Gasteiger partial charge in [0.15, 0.2) is 0 Å². The van der Waals surface area contributed by atoms with E-state index in [9.17, 15) is 18.0 Å². The van der Waals surface area contributed by atoms with Crippen molar-refractivity contribution >= 4 is 5.97 Å². The highest BCUT2D eigenvalue weighted by Crippen LogP contribution is 2.20. The van der Waals surface area contributed by atoms with Crippen molar-refractivity contribution in [2.24, 2.45) is 0 Å². The van der Waals surface area contributed by atoms with Crippen LogP contribution in [0.5, 0.6) is 0 Å². The highest BCUT2D eigenvalue weighted by Gasteiger charge is 2.30. The zero-order chi connectivity index (χ0) is 12.2. The molecule has 0 bridgehead atoms. The third-order valence-corrected chi connectivity index (χ3v) is 2.34. The van der Waals surface area contributed by atoms with Crippen LogP contribution in [0.1, 0.15) is 12.8 Å². The lowest BCUT2D eigenvalue weighted by molar-refractivity contribution is -0.148. The number of hydrogen-bond donors (Lipinski definition) is 1. The number of ether oxygens (including phenoxy) is 1. The molecular formula is C9H14F3NO3. The van der Waals surface area contributed by atoms with Gasteiger partial charge >= 0.3 is 12.1 Å². The van der Waals surface area contributed by atoms with Gasteiger partial charge in [0.2, 0.25) is 0 Å². The van der Waals surface area contributed by atoms with Crippen molar-refractivity contribution in [3.63, 3.8) is 0 Å². The van der Waals surface area contributed by atoms with E-state index < -0.39 is 24.7 Å². The van der Waals surface area contributed by atoms with Gasteiger partial charge < -0.3 is 9.84 Å². The summed E-state index contributed by atoms with van der Waals surface area (Å²) in [7, 11) is 0. The van der Waals surface area contributed by atoms with Crippen LogP contribution < -0.4 is 0 Å². The normalized spacial score (nSPS) is 23.3. The minimum atomic E-state index is -4.17. The van der Waals surface area contributed by atoms with Crippen molar-refractivity contribution in [2.75, 3.05) is 26.2 Å². The van der Waals surface area contributed by atoms with Crippen molar-refractivity contribution in [2.45, 2.75) is 25.1 Å². The van der Waals surface area contributed by atoms with Gasteiger partial charge in [-0.1, -0.05) is 0 Å². The number of halogens is 3. The first kappa shape index (κ1) is 13.2. The second-order valence-corrected chi connectivity index (χ2v) is 3.76. The molecule has 1 rings (SSSR count). The van der Waals surface area contributed by atoms with E-state index in [2.05, 4.69) is 0 Å². The van der Waals surface area contributed by atoms with Crippen molar-refractivity contribution in [1.29, 1.82) is 0 Å². The van der Waals surface area contributed by atoms with Gasteiger partial charge in [-0.25, -0.2) is 0 Å². The summed E-state index contributed by atoms with van der Waals surface area (Å²) in [5, 5.41) is 8.53. The van der Waals surface area contributed by atoms with Crippen LogP contribution in [-0.2, 0) is 9.53 Å². The lowest BCUT2D eigenvalue weighted by atomic mass is 10.2. The van der Waals surface area contributed by atoms with Crippen LogP contribution in [-0.4, -0.2) is 54.5 Å². The lowest BCUT2D eigenvalue weighted by Crippen LogP contribution is -2.44. The molecule has 1 N–H and O–H groups in total. The molecule has 0 aromatic carbocycles. The lowest BCUT2D eigenvalue weighted by Gasteiger charge is -2.32. The molecule has 0 spiro atoms. The summed E-state index contributed by atoms with van der Waals surface area (Å²) in [6, 6.07) is 0. The van der Waals surface area contributed by atoms with Crippen LogP contribution in [0.25, 0.3) is 0 Å². The Balaban J connectivity index is 2.30. The number of aliphatic carboxylic acids is 1. The fourth-order valence-corrected chi connectivity index (χ4v) is 1.59. The molecule has 4 nitrogen and oxygen atoms in total. The zero-order valence-electron chi connectivity index (χ0n) is 8.66. The van der Waals surface area contributed by atoms with Crippen LogP contribution in [0.3, 0.4) is 0 Å². The predicted octanol–water partition coefficient (Wildman–Crippen LogP) is 1.11. The van der Waals surface area contributed by atoms with Gasteiger partial charge in [0.25, 0.3) is 0 Å². The van der Waals surface area contributed by atoms with Gasteiger partial charge in [-0.05, 0) is 0 Å². The van der Waals surface area contributed by atoms with E-state index in [1.165, 1.54) is 0 Å². The van der Waals surface area contributed by atoms with Gasteiger partial charge in [-0.2, -0.15) is 13.2 Å². The quantitative estimate of drug-likeness (QED) is 0.801. The van der Waals surface area contributed by atoms with Crippen molar-refractivity contribution < 1.29 is 27.8 Å². The highest BCUT2D eigenvalue weighted by atomic mass is 19.4. The number of alkyl halides is 3. The number of hydrogen-bond acceptors (Lipinski definition) is 3. The standard InChI is InChI=1S/C9H14F3NO3/c10-9(11,12)1-2-13-3-4-16-7(6-13)5-8(14)15/h7H,1-6H2,(H,14,15). The van der Waals surface area contributed by atoms with Crippen LogP contribution in [0.15, 0.2) is 0 Å². The molecule has 1 atom stereocenters. The minimum absolute atomic E-state index is 0.0943. The molecule has 16 heavy (non-hydrogen) atoms. The maximum Gasteiger partial charge on any atom is 0.390 e. The maximum atomic E-state index is 12.0. The second-order valence-electron chi connectivity index (χ2n) is 3.76. The van der Waals surface area contributed by atoms with E-state index in [-0.39, 0.29) is 26.1 Å². The Morgan fingerprint density at radius 2 is 2.19 bits per heavy atom. The summed E-state index contributed by atoms with van der Waals surface area (Å²) in [6.07, 6.45) is -5.70. The first-order valence-corrected chi connectivity index (χ1v) is 4.99. The van der Waals surface area contributed by atoms with Gasteiger partial charge in [0.05, 0.1) is 25.6 Å². The number of morpholine rings is 1. The smallest absolute Gasteiger partial charge is 0.390 e. The molecule has 94 valence electrons. The fourth-order valence-electron chi connectivity index (χ4n) is 1.59. The van der Waals surface area contributed by atoms with E-state index >= 15 is 0 Å². The molecular weight excluding hydrogens is 227 g/mol. The first-order chi connectivity index (χ1) is 7.37. The molecule has 0 aromatic heterocycles. The average molecular weight is 241 g/mol. The van der Waals surface area contributed by atoms with Crippen LogP contribution >= 0.6 is 0 Å². The number of carboxylic acid groups (broad SMARTS) is 1. The third kappa shape index (κ3) is 5.32. The fraction of sp³-hybridized carbons (Fsp3) is 0.889. The largest absolute Gasteiger partial charge is 0.481 e. The van der Waals surface area contributed by atoms with Crippen molar-refractivity contribution in [3.05, 3.63) is 0 Å². The Bertz CT molecular complexity index is 245. The number of rotatable bonds is 4. The van der Waals surface area contributed by atoms with E-state index in [1.54, 1.807) is 4.90 Å². The number of carboxylic acids is 1. The molecule has 0 aliphatic carbocycles. The summed E-state index contributed by atoms with van der Waals surface area (Å²) in [5.41, 5.74) is 0. The van der Waals surface area contributed by atoms with E-state index in [0.717, 1.165) is 0 Å². The Labute approximate surface area is 91.0 Å². The molecule has 7 heteroatoms. The average Bonchev–Trinajstić information content (AvgIpc) is 2.13. The molecule has 1 unspecified atom stereocenters. The molecule has 1 heterocycles. The Morgan fingerprint density at radius 1 is 1.50 bits per heavy atom. The molecule has 0 aromatic rings. The van der Waals surface area contributed by atoms with Gasteiger partial charge in [-0.3, -0.25) is 9.69 Å². The highest BCUT2D eigenvalue weighted by molar-refractivity contribution is 5.67. The molecule has 0 saturated carbocycles. The molecule has 1 aliphatic heterocycles. The Morgan fingerprint density at radius 3 is 2.75 bits per heavy atom. The van der Waals surface area contributed by atoms with E-state index in [0.29, 0.717) is 6.54 Å². The van der Waals surface area contributed by atoms with Gasteiger partial charge in [-0.15, -0.1) is 0 Å². The summed E-state index contributed by atoms with van der Waals surface area (Å²) < 4.78 is 41.0. The number of carbonyl (C=O) groups is 1. The Kier molecular flexibility index (Phi) is 4.55. The molecule has 0 amide bonds. The SMILES string of the molecule is O=C(O)CC1CN(CCC(F)(F)F)CCO1. The summed E-state index contributed by atoms with van der Waals surface area (Å²) in [5.74, 6) is -0.998. The molecule has 1 fully saturated rings. The zero-order valence-corrected chi connectivity index (χ0v) is 8.66. The van der Waals surface area contributed by atoms with Crippen LogP contribution in [0.4, 0.5) is 13.2 Å². The topological polar surface area (TPSA) is 49.8 Å². The monoisotopic (exact) mass is 241 g/mol. The molecule has 1 saturated heterocycles. The minimum Gasteiger partial charge on any atom is -0.481 e. The molecule has 1 aliphatic rings. The van der Waals surface area contributed by atoms with Crippen LogP contribution in [0.2, 0.25) is 0 Å². The summed E-state index contributed by atoms with van der Waals surface area (Å²) in [6.45, 7) is 0.868. The second kappa shape index (κ2) is 5.49.